The molecule has 30 heavy (non-hydrogen) atoms. The van der Waals surface area contributed by atoms with Crippen molar-refractivity contribution in [3.8, 4) is 0 Å². The first-order valence-corrected chi connectivity index (χ1v) is 10.6. The number of nitrogens with zero attached hydrogens (tertiary/aromatic N) is 5. The van der Waals surface area contributed by atoms with E-state index in [0.29, 0.717) is 26.3 Å². The van der Waals surface area contributed by atoms with Gasteiger partial charge in [-0.25, -0.2) is 9.78 Å². The van der Waals surface area contributed by atoms with Gasteiger partial charge in [-0.2, -0.15) is 4.98 Å². The number of anilines is 3. The monoisotopic (exact) mass is 410 g/mol. The van der Waals surface area contributed by atoms with Gasteiger partial charge in [0.1, 0.15) is 5.82 Å². The number of amides is 2. The smallest absolute Gasteiger partial charge is 0.321 e. The third-order valence-corrected chi connectivity index (χ3v) is 5.77. The summed E-state index contributed by atoms with van der Waals surface area (Å²) >= 11 is 0. The van der Waals surface area contributed by atoms with E-state index >= 15 is 0 Å². The van der Waals surface area contributed by atoms with Crippen LogP contribution >= 0.6 is 0 Å². The lowest BCUT2D eigenvalue weighted by molar-refractivity contribution is 0.122. The van der Waals surface area contributed by atoms with Crippen LogP contribution in [0.5, 0.6) is 0 Å². The maximum atomic E-state index is 12.7. The maximum Gasteiger partial charge on any atom is 0.321 e. The standard InChI is InChI=1S/C22H30N6O2/c1-16-4-5-19(14-17(16)2)24-22(29)28-8-6-26(7-9-28)20-15-18(3)23-21(25-20)27-10-12-30-13-11-27/h4-5,14-15H,6-13H2,1-3H3,(H,24,29). The summed E-state index contributed by atoms with van der Waals surface area (Å²) in [5.41, 5.74) is 4.19. The van der Waals surface area contributed by atoms with Gasteiger partial charge in [0, 0.05) is 56.7 Å². The summed E-state index contributed by atoms with van der Waals surface area (Å²) in [4.78, 5) is 28.4. The minimum Gasteiger partial charge on any atom is -0.378 e. The van der Waals surface area contributed by atoms with Gasteiger partial charge in [-0.05, 0) is 44.0 Å². The van der Waals surface area contributed by atoms with Crippen molar-refractivity contribution in [1.29, 1.82) is 0 Å². The van der Waals surface area contributed by atoms with Gasteiger partial charge in [0.05, 0.1) is 13.2 Å². The third-order valence-electron chi connectivity index (χ3n) is 5.77. The summed E-state index contributed by atoms with van der Waals surface area (Å²) in [5.74, 6) is 1.70. The van der Waals surface area contributed by atoms with Crippen LogP contribution in [0, 0.1) is 20.8 Å². The van der Waals surface area contributed by atoms with E-state index in [0.717, 1.165) is 49.3 Å². The van der Waals surface area contributed by atoms with Crippen LogP contribution in [0.15, 0.2) is 24.3 Å². The largest absolute Gasteiger partial charge is 0.378 e. The molecule has 1 aromatic heterocycles. The zero-order valence-corrected chi connectivity index (χ0v) is 18.0. The molecular formula is C22H30N6O2. The number of carbonyl (C=O) groups excluding carboxylic acids is 1. The molecule has 4 rings (SSSR count). The van der Waals surface area contributed by atoms with E-state index < -0.39 is 0 Å². The molecule has 2 aliphatic heterocycles. The number of hydrogen-bond donors (Lipinski definition) is 1. The van der Waals surface area contributed by atoms with Crippen molar-refractivity contribution in [3.63, 3.8) is 0 Å². The second-order valence-electron chi connectivity index (χ2n) is 7.97. The minimum atomic E-state index is -0.0502. The molecule has 0 unspecified atom stereocenters. The molecule has 0 radical (unpaired) electrons. The molecule has 8 heteroatoms. The van der Waals surface area contributed by atoms with Gasteiger partial charge in [-0.15, -0.1) is 0 Å². The van der Waals surface area contributed by atoms with E-state index in [1.165, 1.54) is 11.1 Å². The topological polar surface area (TPSA) is 73.8 Å². The number of ether oxygens (including phenoxy) is 1. The Kier molecular flexibility index (Phi) is 6.03. The van der Waals surface area contributed by atoms with Crippen LogP contribution in [0.2, 0.25) is 0 Å². The molecule has 0 saturated carbocycles. The molecule has 0 bridgehead atoms. The van der Waals surface area contributed by atoms with E-state index in [2.05, 4.69) is 33.9 Å². The van der Waals surface area contributed by atoms with Crippen molar-refractivity contribution in [2.45, 2.75) is 20.8 Å². The van der Waals surface area contributed by atoms with Gasteiger partial charge in [-0.1, -0.05) is 6.07 Å². The molecule has 0 aliphatic carbocycles. The van der Waals surface area contributed by atoms with E-state index in [1.54, 1.807) is 0 Å². The Morgan fingerprint density at radius 2 is 1.63 bits per heavy atom. The van der Waals surface area contributed by atoms with Crippen LogP contribution in [0.3, 0.4) is 0 Å². The highest BCUT2D eigenvalue weighted by molar-refractivity contribution is 5.89. The number of aromatic nitrogens is 2. The number of aryl methyl sites for hydroxylation is 3. The Balaban J connectivity index is 1.37. The highest BCUT2D eigenvalue weighted by Gasteiger charge is 2.23. The van der Waals surface area contributed by atoms with Gasteiger partial charge >= 0.3 is 6.03 Å². The fraction of sp³-hybridized carbons (Fsp3) is 0.500. The summed E-state index contributed by atoms with van der Waals surface area (Å²) in [6, 6.07) is 7.97. The molecule has 0 atom stereocenters. The van der Waals surface area contributed by atoms with E-state index in [4.69, 9.17) is 9.72 Å². The predicted molar refractivity (Wildman–Crippen MR) is 119 cm³/mol. The van der Waals surface area contributed by atoms with Crippen LogP contribution < -0.4 is 15.1 Å². The summed E-state index contributed by atoms with van der Waals surface area (Å²) in [7, 11) is 0. The molecule has 160 valence electrons. The predicted octanol–water partition coefficient (Wildman–Crippen LogP) is 2.59. The molecule has 1 aromatic carbocycles. The first-order chi connectivity index (χ1) is 14.5. The number of hydrogen-bond acceptors (Lipinski definition) is 6. The summed E-state index contributed by atoms with van der Waals surface area (Å²) in [5, 5.41) is 3.02. The maximum absolute atomic E-state index is 12.7. The SMILES string of the molecule is Cc1cc(N2CCN(C(=O)Nc3ccc(C)c(C)c3)CC2)nc(N2CCOCC2)n1. The average Bonchev–Trinajstić information content (AvgIpc) is 2.76. The molecule has 3 heterocycles. The third kappa shape index (κ3) is 4.64. The van der Waals surface area contributed by atoms with Crippen molar-refractivity contribution in [1.82, 2.24) is 14.9 Å². The molecule has 1 N–H and O–H groups in total. The van der Waals surface area contributed by atoms with Crippen molar-refractivity contribution >= 4 is 23.5 Å². The quantitative estimate of drug-likeness (QED) is 0.839. The molecule has 2 saturated heterocycles. The second kappa shape index (κ2) is 8.87. The van der Waals surface area contributed by atoms with Crippen LogP contribution in [0.1, 0.15) is 16.8 Å². The Hall–Kier alpha value is -2.87. The normalized spacial score (nSPS) is 17.2. The van der Waals surface area contributed by atoms with Crippen LogP contribution in [-0.4, -0.2) is 73.4 Å². The van der Waals surface area contributed by atoms with Crippen LogP contribution in [0.4, 0.5) is 22.2 Å². The van der Waals surface area contributed by atoms with Crippen LogP contribution in [0.25, 0.3) is 0 Å². The zero-order chi connectivity index (χ0) is 21.1. The Labute approximate surface area is 177 Å². The number of rotatable bonds is 3. The van der Waals surface area contributed by atoms with E-state index in [-0.39, 0.29) is 6.03 Å². The summed E-state index contributed by atoms with van der Waals surface area (Å²) in [6.45, 7) is 12.0. The fourth-order valence-electron chi connectivity index (χ4n) is 3.76. The average molecular weight is 411 g/mol. The first kappa shape index (κ1) is 20.4. The Morgan fingerprint density at radius 1 is 0.900 bits per heavy atom. The number of urea groups is 1. The highest BCUT2D eigenvalue weighted by atomic mass is 16.5. The van der Waals surface area contributed by atoms with Crippen molar-refractivity contribution in [2.24, 2.45) is 0 Å². The molecule has 0 spiro atoms. The van der Waals surface area contributed by atoms with Gasteiger partial charge < -0.3 is 24.8 Å². The van der Waals surface area contributed by atoms with E-state index in [1.807, 2.05) is 36.1 Å². The highest BCUT2D eigenvalue weighted by Crippen LogP contribution is 2.20. The number of benzene rings is 1. The number of piperazine rings is 1. The van der Waals surface area contributed by atoms with Gasteiger partial charge in [0.15, 0.2) is 0 Å². The van der Waals surface area contributed by atoms with Gasteiger partial charge in [0.2, 0.25) is 5.95 Å². The summed E-state index contributed by atoms with van der Waals surface area (Å²) < 4.78 is 5.44. The molecule has 2 aliphatic rings. The molecule has 2 fully saturated rings. The van der Waals surface area contributed by atoms with Gasteiger partial charge in [-0.3, -0.25) is 0 Å². The fourth-order valence-corrected chi connectivity index (χ4v) is 3.76. The molecular weight excluding hydrogens is 380 g/mol. The number of nitrogens with one attached hydrogen (secondary N) is 1. The van der Waals surface area contributed by atoms with Crippen molar-refractivity contribution in [3.05, 3.63) is 41.1 Å². The van der Waals surface area contributed by atoms with E-state index in [9.17, 15) is 4.79 Å². The first-order valence-electron chi connectivity index (χ1n) is 10.6. The van der Waals surface area contributed by atoms with Crippen LogP contribution in [-0.2, 0) is 4.74 Å². The van der Waals surface area contributed by atoms with Gasteiger partial charge in [0.25, 0.3) is 0 Å². The summed E-state index contributed by atoms with van der Waals surface area (Å²) in [6.07, 6.45) is 0. The zero-order valence-electron chi connectivity index (χ0n) is 18.0. The second-order valence-corrected chi connectivity index (χ2v) is 7.97. The molecule has 2 aromatic rings. The molecule has 2 amide bonds. The van der Waals surface area contributed by atoms with Crippen molar-refractivity contribution in [2.75, 3.05) is 67.6 Å². The van der Waals surface area contributed by atoms with Crippen molar-refractivity contribution < 1.29 is 9.53 Å². The lowest BCUT2D eigenvalue weighted by atomic mass is 10.1. The molecule has 8 nitrogen and oxygen atoms in total. The lowest BCUT2D eigenvalue weighted by Crippen LogP contribution is -2.50. The lowest BCUT2D eigenvalue weighted by Gasteiger charge is -2.36. The Bertz CT molecular complexity index is 904. The number of carbonyl (C=O) groups is 1. The number of morpholine rings is 1. The Morgan fingerprint density at radius 3 is 2.33 bits per heavy atom. The minimum absolute atomic E-state index is 0.0502.